The fourth-order valence-electron chi connectivity index (χ4n) is 2.92. The summed E-state index contributed by atoms with van der Waals surface area (Å²) < 4.78 is 0. The smallest absolute Gasteiger partial charge is 0.310 e. The van der Waals surface area contributed by atoms with Crippen molar-refractivity contribution >= 4 is 17.6 Å². The number of benzene rings is 1. The Morgan fingerprint density at radius 1 is 1.47 bits per heavy atom. The second-order valence-electron chi connectivity index (χ2n) is 5.39. The van der Waals surface area contributed by atoms with Crippen LogP contribution < -0.4 is 0 Å². The lowest BCUT2D eigenvalue weighted by atomic mass is 9.83. The Morgan fingerprint density at radius 3 is 2.84 bits per heavy atom. The zero-order valence-corrected chi connectivity index (χ0v) is 12.0. The normalized spacial score (nSPS) is 23.7. The summed E-state index contributed by atoms with van der Waals surface area (Å²) in [6.45, 7) is 4.23. The number of halogens is 1. The van der Waals surface area contributed by atoms with E-state index in [9.17, 15) is 9.90 Å². The van der Waals surface area contributed by atoms with Gasteiger partial charge in [0.2, 0.25) is 0 Å². The number of carbonyl (C=O) groups is 1. The van der Waals surface area contributed by atoms with Gasteiger partial charge in [0.05, 0.1) is 5.41 Å². The third-order valence-electron chi connectivity index (χ3n) is 3.97. The van der Waals surface area contributed by atoms with Crippen LogP contribution in [0.3, 0.4) is 0 Å². The molecule has 3 nitrogen and oxygen atoms in total. The molecule has 0 spiro atoms. The minimum atomic E-state index is -0.656. The van der Waals surface area contributed by atoms with Crippen molar-refractivity contribution in [2.24, 2.45) is 5.41 Å². The SMILES string of the molecule is CCCC1(C(=O)O)CCN(Cc2ccccc2Cl)C1. The Labute approximate surface area is 119 Å². The molecule has 1 fully saturated rings. The van der Waals surface area contributed by atoms with Gasteiger partial charge in [-0.25, -0.2) is 0 Å². The highest BCUT2D eigenvalue weighted by molar-refractivity contribution is 6.31. The Hall–Kier alpha value is -1.06. The number of carboxylic acids is 1. The summed E-state index contributed by atoms with van der Waals surface area (Å²) in [6.07, 6.45) is 2.40. The molecule has 4 heteroatoms. The van der Waals surface area contributed by atoms with Gasteiger partial charge in [0.25, 0.3) is 0 Å². The van der Waals surface area contributed by atoms with E-state index in [2.05, 4.69) is 4.90 Å². The number of carboxylic acid groups (broad SMARTS) is 1. The van der Waals surface area contributed by atoms with E-state index < -0.39 is 11.4 Å². The van der Waals surface area contributed by atoms with Gasteiger partial charge in [0, 0.05) is 18.1 Å². The second kappa shape index (κ2) is 5.93. The summed E-state index contributed by atoms with van der Waals surface area (Å²) in [7, 11) is 0. The lowest BCUT2D eigenvalue weighted by Crippen LogP contribution is -2.34. The van der Waals surface area contributed by atoms with Crippen LogP contribution in [-0.2, 0) is 11.3 Å². The van der Waals surface area contributed by atoms with Gasteiger partial charge in [0.1, 0.15) is 0 Å². The minimum Gasteiger partial charge on any atom is -0.481 e. The molecule has 1 unspecified atom stereocenters. The van der Waals surface area contributed by atoms with Crippen LogP contribution in [0.5, 0.6) is 0 Å². The Bertz CT molecular complexity index is 463. The van der Waals surface area contributed by atoms with Gasteiger partial charge in [0.15, 0.2) is 0 Å². The third-order valence-corrected chi connectivity index (χ3v) is 4.34. The van der Waals surface area contributed by atoms with Gasteiger partial charge in [-0.15, -0.1) is 0 Å². The fourth-order valence-corrected chi connectivity index (χ4v) is 3.12. The fraction of sp³-hybridized carbons (Fsp3) is 0.533. The number of likely N-dealkylation sites (tertiary alicyclic amines) is 1. The zero-order chi connectivity index (χ0) is 13.9. The lowest BCUT2D eigenvalue weighted by molar-refractivity contribution is -0.148. The van der Waals surface area contributed by atoms with E-state index in [1.165, 1.54) is 0 Å². The molecule has 0 radical (unpaired) electrons. The molecule has 0 aliphatic carbocycles. The molecule has 1 aliphatic rings. The standard InChI is InChI=1S/C15H20ClNO2/c1-2-7-15(14(18)19)8-9-17(11-15)10-12-5-3-4-6-13(12)16/h3-6H,2,7-11H2,1H3,(H,18,19). The molecule has 2 rings (SSSR count). The van der Waals surface area contributed by atoms with E-state index in [0.717, 1.165) is 42.9 Å². The van der Waals surface area contributed by atoms with Crippen LogP contribution in [0.2, 0.25) is 5.02 Å². The molecule has 0 aromatic heterocycles. The second-order valence-corrected chi connectivity index (χ2v) is 5.79. The average molecular weight is 282 g/mol. The number of aliphatic carboxylic acids is 1. The summed E-state index contributed by atoms with van der Waals surface area (Å²) in [5, 5.41) is 10.2. The first-order chi connectivity index (χ1) is 9.07. The van der Waals surface area contributed by atoms with Gasteiger partial charge in [-0.2, -0.15) is 0 Å². The van der Waals surface area contributed by atoms with Crippen LogP contribution in [0.25, 0.3) is 0 Å². The van der Waals surface area contributed by atoms with E-state index in [4.69, 9.17) is 11.6 Å². The maximum absolute atomic E-state index is 11.5. The van der Waals surface area contributed by atoms with E-state index in [1.807, 2.05) is 31.2 Å². The molecule has 1 aromatic carbocycles. The summed E-state index contributed by atoms with van der Waals surface area (Å²) in [4.78, 5) is 13.7. The molecular weight excluding hydrogens is 262 g/mol. The predicted octanol–water partition coefficient (Wildman–Crippen LogP) is 3.42. The highest BCUT2D eigenvalue weighted by atomic mass is 35.5. The number of rotatable bonds is 5. The van der Waals surface area contributed by atoms with Crippen LogP contribution in [-0.4, -0.2) is 29.1 Å². The van der Waals surface area contributed by atoms with Crippen molar-refractivity contribution in [1.29, 1.82) is 0 Å². The third kappa shape index (κ3) is 3.10. The Balaban J connectivity index is 2.06. The first-order valence-electron chi connectivity index (χ1n) is 6.76. The van der Waals surface area contributed by atoms with Crippen molar-refractivity contribution in [3.8, 4) is 0 Å². The largest absolute Gasteiger partial charge is 0.481 e. The summed E-state index contributed by atoms with van der Waals surface area (Å²) in [5.74, 6) is -0.656. The van der Waals surface area contributed by atoms with Crippen LogP contribution in [0.1, 0.15) is 31.7 Å². The predicted molar refractivity (Wildman–Crippen MR) is 76.3 cm³/mol. The highest BCUT2D eigenvalue weighted by Crippen LogP contribution is 2.36. The molecule has 1 N–H and O–H groups in total. The van der Waals surface area contributed by atoms with Crippen LogP contribution in [0, 0.1) is 5.41 Å². The molecule has 0 bridgehead atoms. The summed E-state index contributed by atoms with van der Waals surface area (Å²) in [6, 6.07) is 7.76. The van der Waals surface area contributed by atoms with E-state index in [-0.39, 0.29) is 0 Å². The number of hydrogen-bond acceptors (Lipinski definition) is 2. The van der Waals surface area contributed by atoms with Gasteiger partial charge < -0.3 is 5.11 Å². The molecular formula is C15H20ClNO2. The quantitative estimate of drug-likeness (QED) is 0.899. The number of nitrogens with zero attached hydrogens (tertiary/aromatic N) is 1. The number of hydrogen-bond donors (Lipinski definition) is 1. The van der Waals surface area contributed by atoms with Gasteiger partial charge in [-0.05, 0) is 31.0 Å². The Morgan fingerprint density at radius 2 is 2.21 bits per heavy atom. The average Bonchev–Trinajstić information content (AvgIpc) is 2.77. The molecule has 1 heterocycles. The molecule has 1 atom stereocenters. The molecule has 1 aliphatic heterocycles. The maximum Gasteiger partial charge on any atom is 0.310 e. The lowest BCUT2D eigenvalue weighted by Gasteiger charge is -2.24. The van der Waals surface area contributed by atoms with Gasteiger partial charge in [-0.3, -0.25) is 9.69 Å². The van der Waals surface area contributed by atoms with Crippen LogP contribution in [0.15, 0.2) is 24.3 Å². The van der Waals surface area contributed by atoms with Crippen LogP contribution >= 0.6 is 11.6 Å². The molecule has 1 aromatic rings. The van der Waals surface area contributed by atoms with E-state index in [0.29, 0.717) is 6.54 Å². The minimum absolute atomic E-state index is 0.560. The first kappa shape index (κ1) is 14.4. The highest BCUT2D eigenvalue weighted by Gasteiger charge is 2.43. The molecule has 0 amide bonds. The molecule has 1 saturated heterocycles. The zero-order valence-electron chi connectivity index (χ0n) is 11.2. The van der Waals surface area contributed by atoms with Crippen molar-refractivity contribution in [3.05, 3.63) is 34.9 Å². The molecule has 104 valence electrons. The van der Waals surface area contributed by atoms with Crippen molar-refractivity contribution < 1.29 is 9.90 Å². The Kier molecular flexibility index (Phi) is 4.48. The summed E-state index contributed by atoms with van der Waals surface area (Å²) >= 11 is 6.15. The van der Waals surface area contributed by atoms with Gasteiger partial charge >= 0.3 is 5.97 Å². The van der Waals surface area contributed by atoms with Crippen molar-refractivity contribution in [2.75, 3.05) is 13.1 Å². The first-order valence-corrected chi connectivity index (χ1v) is 7.14. The van der Waals surface area contributed by atoms with Crippen molar-refractivity contribution in [1.82, 2.24) is 4.90 Å². The summed E-state index contributed by atoms with van der Waals surface area (Å²) in [5.41, 5.74) is 0.512. The maximum atomic E-state index is 11.5. The monoisotopic (exact) mass is 281 g/mol. The van der Waals surface area contributed by atoms with Crippen molar-refractivity contribution in [2.45, 2.75) is 32.7 Å². The topological polar surface area (TPSA) is 40.5 Å². The molecule has 19 heavy (non-hydrogen) atoms. The molecule has 0 saturated carbocycles. The van der Waals surface area contributed by atoms with E-state index in [1.54, 1.807) is 0 Å². The van der Waals surface area contributed by atoms with Crippen LogP contribution in [0.4, 0.5) is 0 Å². The van der Waals surface area contributed by atoms with Crippen molar-refractivity contribution in [3.63, 3.8) is 0 Å². The van der Waals surface area contributed by atoms with Gasteiger partial charge in [-0.1, -0.05) is 43.1 Å². The van der Waals surface area contributed by atoms with E-state index >= 15 is 0 Å².